The third kappa shape index (κ3) is 3.66. The molecule has 1 saturated heterocycles. The Morgan fingerprint density at radius 3 is 2.81 bits per heavy atom. The average Bonchev–Trinajstić information content (AvgIpc) is 2.99. The Bertz CT molecular complexity index is 874. The molecule has 5 nitrogen and oxygen atoms in total. The molecule has 2 aromatic heterocycles. The van der Waals surface area contributed by atoms with E-state index in [1.165, 1.54) is 10.4 Å². The summed E-state index contributed by atoms with van der Waals surface area (Å²) in [7, 11) is 1.76. The molecule has 0 atom stereocenters. The Balaban J connectivity index is 1.46. The normalized spacial score (nSPS) is 14.6. The first-order chi connectivity index (χ1) is 12.7. The third-order valence-electron chi connectivity index (χ3n) is 4.75. The standard InChI is InChI=1S/C20H24N4OS/c1-14-11-17-18(21-10-6-9-15-7-4-3-5-8-15)22-20(23-19(17)26-14)24-12-16(13-24)25-2/h3-5,7-8,11,16H,6,9-10,12-13H2,1-2H3,(H,21,22,23). The van der Waals surface area contributed by atoms with Crippen LogP contribution in [0.5, 0.6) is 0 Å². The molecule has 0 saturated carbocycles. The maximum Gasteiger partial charge on any atom is 0.228 e. The molecule has 1 aliphatic rings. The number of rotatable bonds is 7. The fourth-order valence-electron chi connectivity index (χ4n) is 3.20. The number of anilines is 2. The van der Waals surface area contributed by atoms with Gasteiger partial charge in [0.05, 0.1) is 11.5 Å². The van der Waals surface area contributed by atoms with Crippen LogP contribution in [0.1, 0.15) is 16.9 Å². The van der Waals surface area contributed by atoms with E-state index in [4.69, 9.17) is 14.7 Å². The molecular weight excluding hydrogens is 344 g/mol. The van der Waals surface area contributed by atoms with Gasteiger partial charge in [0.15, 0.2) is 0 Å². The van der Waals surface area contributed by atoms with Crippen molar-refractivity contribution in [3.05, 3.63) is 46.8 Å². The SMILES string of the molecule is COC1CN(c2nc(NCCCc3ccccc3)c3cc(C)sc3n2)C1. The van der Waals surface area contributed by atoms with Crippen LogP contribution in [0.15, 0.2) is 36.4 Å². The molecule has 0 radical (unpaired) electrons. The van der Waals surface area contributed by atoms with Gasteiger partial charge in [0.1, 0.15) is 10.6 Å². The number of nitrogens with one attached hydrogen (secondary N) is 1. The van der Waals surface area contributed by atoms with E-state index >= 15 is 0 Å². The van der Waals surface area contributed by atoms with Crippen LogP contribution in [0, 0.1) is 6.92 Å². The largest absolute Gasteiger partial charge is 0.378 e. The summed E-state index contributed by atoms with van der Waals surface area (Å²) in [5.74, 6) is 1.75. The minimum Gasteiger partial charge on any atom is -0.378 e. The van der Waals surface area contributed by atoms with Crippen LogP contribution in [0.3, 0.4) is 0 Å². The van der Waals surface area contributed by atoms with Gasteiger partial charge in [-0.1, -0.05) is 30.3 Å². The van der Waals surface area contributed by atoms with Crippen LogP contribution < -0.4 is 10.2 Å². The molecule has 0 spiro atoms. The summed E-state index contributed by atoms with van der Waals surface area (Å²) >= 11 is 1.73. The predicted octanol–water partition coefficient (Wildman–Crippen LogP) is 3.88. The van der Waals surface area contributed by atoms with Gasteiger partial charge < -0.3 is 15.0 Å². The summed E-state index contributed by atoms with van der Waals surface area (Å²) in [5.41, 5.74) is 1.38. The van der Waals surface area contributed by atoms with E-state index in [-0.39, 0.29) is 0 Å². The van der Waals surface area contributed by atoms with Gasteiger partial charge in [-0.15, -0.1) is 11.3 Å². The lowest BCUT2D eigenvalue weighted by Crippen LogP contribution is -2.52. The van der Waals surface area contributed by atoms with E-state index in [0.29, 0.717) is 6.10 Å². The summed E-state index contributed by atoms with van der Waals surface area (Å²) in [5, 5.41) is 4.66. The summed E-state index contributed by atoms with van der Waals surface area (Å²) in [6.45, 7) is 4.74. The van der Waals surface area contributed by atoms with Gasteiger partial charge >= 0.3 is 0 Å². The van der Waals surface area contributed by atoms with E-state index in [1.54, 1.807) is 18.4 Å². The van der Waals surface area contributed by atoms with E-state index in [9.17, 15) is 0 Å². The Morgan fingerprint density at radius 2 is 2.04 bits per heavy atom. The molecule has 0 amide bonds. The highest BCUT2D eigenvalue weighted by Crippen LogP contribution is 2.31. The molecule has 1 fully saturated rings. The molecule has 3 aromatic rings. The second-order valence-electron chi connectivity index (χ2n) is 6.73. The first-order valence-electron chi connectivity index (χ1n) is 9.06. The van der Waals surface area contributed by atoms with Crippen LogP contribution in [0.25, 0.3) is 10.2 Å². The number of hydrogen-bond donors (Lipinski definition) is 1. The number of fused-ring (bicyclic) bond motifs is 1. The number of nitrogens with zero attached hydrogens (tertiary/aromatic N) is 3. The fraction of sp³-hybridized carbons (Fsp3) is 0.400. The van der Waals surface area contributed by atoms with Crippen molar-refractivity contribution in [1.29, 1.82) is 0 Å². The van der Waals surface area contributed by atoms with Crippen LogP contribution in [0.4, 0.5) is 11.8 Å². The lowest BCUT2D eigenvalue weighted by molar-refractivity contribution is 0.0779. The quantitative estimate of drug-likeness (QED) is 0.642. The number of aromatic nitrogens is 2. The molecule has 1 aromatic carbocycles. The van der Waals surface area contributed by atoms with Crippen molar-refractivity contribution in [1.82, 2.24) is 9.97 Å². The lowest BCUT2D eigenvalue weighted by atomic mass is 10.1. The Hall–Kier alpha value is -2.18. The third-order valence-corrected chi connectivity index (χ3v) is 5.69. The van der Waals surface area contributed by atoms with Crippen molar-refractivity contribution < 1.29 is 4.74 Å². The van der Waals surface area contributed by atoms with Gasteiger partial charge in [-0.2, -0.15) is 4.98 Å². The van der Waals surface area contributed by atoms with Crippen molar-refractivity contribution in [3.8, 4) is 0 Å². The zero-order valence-electron chi connectivity index (χ0n) is 15.2. The van der Waals surface area contributed by atoms with Crippen molar-refractivity contribution in [2.75, 3.05) is 37.0 Å². The van der Waals surface area contributed by atoms with Gasteiger partial charge in [0.25, 0.3) is 0 Å². The highest BCUT2D eigenvalue weighted by molar-refractivity contribution is 7.18. The maximum absolute atomic E-state index is 5.37. The Kier molecular flexibility index (Phi) is 5.04. The number of benzene rings is 1. The zero-order valence-corrected chi connectivity index (χ0v) is 16.1. The lowest BCUT2D eigenvalue weighted by Gasteiger charge is -2.38. The second kappa shape index (κ2) is 7.60. The monoisotopic (exact) mass is 368 g/mol. The molecule has 26 heavy (non-hydrogen) atoms. The molecule has 3 heterocycles. The molecule has 1 aliphatic heterocycles. The summed E-state index contributed by atoms with van der Waals surface area (Å²) < 4.78 is 5.37. The highest BCUT2D eigenvalue weighted by Gasteiger charge is 2.29. The number of ether oxygens (including phenoxy) is 1. The van der Waals surface area contributed by atoms with Crippen LogP contribution in [-0.2, 0) is 11.2 Å². The first-order valence-corrected chi connectivity index (χ1v) is 9.88. The highest BCUT2D eigenvalue weighted by atomic mass is 32.1. The van der Waals surface area contributed by atoms with Gasteiger partial charge in [0, 0.05) is 31.6 Å². The van der Waals surface area contributed by atoms with Crippen LogP contribution in [0.2, 0.25) is 0 Å². The predicted molar refractivity (Wildman–Crippen MR) is 108 cm³/mol. The molecule has 4 rings (SSSR count). The van der Waals surface area contributed by atoms with Crippen LogP contribution >= 0.6 is 11.3 Å². The van der Waals surface area contributed by atoms with E-state index in [2.05, 4.69) is 53.5 Å². The summed E-state index contributed by atoms with van der Waals surface area (Å²) in [4.78, 5) is 14.1. The van der Waals surface area contributed by atoms with Gasteiger partial charge in [-0.3, -0.25) is 0 Å². The molecule has 6 heteroatoms. The molecule has 136 valence electrons. The molecule has 0 aliphatic carbocycles. The van der Waals surface area contributed by atoms with Gasteiger partial charge in [0.2, 0.25) is 5.95 Å². The molecule has 1 N–H and O–H groups in total. The van der Waals surface area contributed by atoms with Crippen molar-refractivity contribution >= 4 is 33.3 Å². The average molecular weight is 369 g/mol. The minimum atomic E-state index is 0.293. The Morgan fingerprint density at radius 1 is 1.23 bits per heavy atom. The molecule has 0 unspecified atom stereocenters. The van der Waals surface area contributed by atoms with Crippen LogP contribution in [-0.4, -0.2) is 42.8 Å². The number of thiophene rings is 1. The number of methoxy groups -OCH3 is 1. The maximum atomic E-state index is 5.37. The molecule has 0 bridgehead atoms. The van der Waals surface area contributed by atoms with Crippen molar-refractivity contribution in [2.45, 2.75) is 25.9 Å². The van der Waals surface area contributed by atoms with Gasteiger partial charge in [-0.25, -0.2) is 4.98 Å². The zero-order chi connectivity index (χ0) is 17.9. The topological polar surface area (TPSA) is 50.3 Å². The van der Waals surface area contributed by atoms with Gasteiger partial charge in [-0.05, 0) is 31.4 Å². The molecular formula is C20H24N4OS. The smallest absolute Gasteiger partial charge is 0.228 e. The van der Waals surface area contributed by atoms with E-state index in [0.717, 1.165) is 54.5 Å². The Labute approximate surface area is 158 Å². The van der Waals surface area contributed by atoms with Crippen molar-refractivity contribution in [3.63, 3.8) is 0 Å². The van der Waals surface area contributed by atoms with Crippen molar-refractivity contribution in [2.24, 2.45) is 0 Å². The van der Waals surface area contributed by atoms with E-state index in [1.807, 2.05) is 0 Å². The second-order valence-corrected chi connectivity index (χ2v) is 7.96. The first kappa shape index (κ1) is 17.2. The number of hydrogen-bond acceptors (Lipinski definition) is 6. The number of aryl methyl sites for hydroxylation is 2. The fourth-order valence-corrected chi connectivity index (χ4v) is 4.08. The van der Waals surface area contributed by atoms with E-state index < -0.39 is 0 Å². The summed E-state index contributed by atoms with van der Waals surface area (Å²) in [6.07, 6.45) is 2.43. The minimum absolute atomic E-state index is 0.293. The summed E-state index contributed by atoms with van der Waals surface area (Å²) in [6, 6.07) is 12.8.